The molecule has 0 aliphatic rings. The third-order valence-electron chi connectivity index (χ3n) is 2.00. The van der Waals surface area contributed by atoms with Crippen LogP contribution in [0.4, 0.5) is 8.78 Å². The van der Waals surface area contributed by atoms with Gasteiger partial charge in [0, 0.05) is 17.8 Å². The Morgan fingerprint density at radius 2 is 2.06 bits per heavy atom. The monoisotopic (exact) mass is 256 g/mol. The second-order valence-corrected chi connectivity index (χ2v) is 3.64. The predicted molar refractivity (Wildman–Crippen MR) is 58.2 cm³/mol. The highest BCUT2D eigenvalue weighted by molar-refractivity contribution is 6.28. The van der Waals surface area contributed by atoms with Crippen molar-refractivity contribution in [2.45, 2.75) is 6.92 Å². The van der Waals surface area contributed by atoms with Crippen molar-refractivity contribution in [2.75, 3.05) is 0 Å². The van der Waals surface area contributed by atoms with Gasteiger partial charge in [-0.2, -0.15) is 4.98 Å². The SMILES string of the molecule is Cc1cnc(Cl)nc1Oc1cc(F)ccc1F. The lowest BCUT2D eigenvalue weighted by Crippen LogP contribution is -1.96. The van der Waals surface area contributed by atoms with Crippen molar-refractivity contribution in [3.63, 3.8) is 0 Å². The van der Waals surface area contributed by atoms with Crippen LogP contribution in [0.3, 0.4) is 0 Å². The summed E-state index contributed by atoms with van der Waals surface area (Å²) in [6, 6.07) is 2.91. The van der Waals surface area contributed by atoms with E-state index in [0.717, 1.165) is 18.2 Å². The molecule has 0 fully saturated rings. The zero-order valence-electron chi connectivity index (χ0n) is 8.75. The van der Waals surface area contributed by atoms with E-state index in [-0.39, 0.29) is 16.9 Å². The van der Waals surface area contributed by atoms with E-state index in [4.69, 9.17) is 16.3 Å². The van der Waals surface area contributed by atoms with E-state index >= 15 is 0 Å². The fourth-order valence-electron chi connectivity index (χ4n) is 1.17. The Hall–Kier alpha value is -1.75. The Balaban J connectivity index is 2.37. The van der Waals surface area contributed by atoms with Crippen LogP contribution >= 0.6 is 11.6 Å². The van der Waals surface area contributed by atoms with Crippen LogP contribution in [0.5, 0.6) is 11.6 Å². The van der Waals surface area contributed by atoms with Gasteiger partial charge in [-0.25, -0.2) is 13.8 Å². The molecule has 6 heteroatoms. The van der Waals surface area contributed by atoms with Gasteiger partial charge in [-0.15, -0.1) is 0 Å². The Labute approximate surface area is 101 Å². The summed E-state index contributed by atoms with van der Waals surface area (Å²) in [6.07, 6.45) is 1.43. The largest absolute Gasteiger partial charge is 0.435 e. The summed E-state index contributed by atoms with van der Waals surface area (Å²) in [5, 5.41) is -0.0255. The summed E-state index contributed by atoms with van der Waals surface area (Å²) < 4.78 is 31.4. The first-order chi connectivity index (χ1) is 8.06. The zero-order chi connectivity index (χ0) is 12.4. The molecule has 0 radical (unpaired) electrons. The van der Waals surface area contributed by atoms with Gasteiger partial charge >= 0.3 is 0 Å². The molecular weight excluding hydrogens is 250 g/mol. The average molecular weight is 257 g/mol. The Bertz CT molecular complexity index is 514. The Morgan fingerprint density at radius 1 is 1.29 bits per heavy atom. The molecule has 0 bridgehead atoms. The van der Waals surface area contributed by atoms with E-state index < -0.39 is 11.6 Å². The van der Waals surface area contributed by atoms with Gasteiger partial charge in [-0.1, -0.05) is 0 Å². The molecule has 2 aromatic rings. The van der Waals surface area contributed by atoms with Gasteiger partial charge in [-0.05, 0) is 30.7 Å². The number of halogens is 3. The summed E-state index contributed by atoms with van der Waals surface area (Å²) in [4.78, 5) is 7.51. The van der Waals surface area contributed by atoms with Crippen LogP contribution in [-0.4, -0.2) is 9.97 Å². The first kappa shape index (κ1) is 11.7. The second kappa shape index (κ2) is 4.63. The number of aromatic nitrogens is 2. The fraction of sp³-hybridized carbons (Fsp3) is 0.0909. The minimum atomic E-state index is -0.680. The summed E-state index contributed by atoms with van der Waals surface area (Å²) in [5.74, 6) is -1.43. The molecular formula is C11H7ClF2N2O. The van der Waals surface area contributed by atoms with Crippen molar-refractivity contribution in [2.24, 2.45) is 0 Å². The third-order valence-corrected chi connectivity index (χ3v) is 2.18. The van der Waals surface area contributed by atoms with Gasteiger partial charge in [0.05, 0.1) is 0 Å². The highest BCUT2D eigenvalue weighted by Gasteiger charge is 2.10. The Morgan fingerprint density at radius 3 is 2.82 bits per heavy atom. The summed E-state index contributed by atoms with van der Waals surface area (Å²) >= 11 is 5.58. The van der Waals surface area contributed by atoms with E-state index in [0.29, 0.717) is 5.56 Å². The minimum Gasteiger partial charge on any atom is -0.435 e. The van der Waals surface area contributed by atoms with E-state index in [1.807, 2.05) is 0 Å². The number of ether oxygens (including phenoxy) is 1. The van der Waals surface area contributed by atoms with Crippen LogP contribution in [-0.2, 0) is 0 Å². The maximum Gasteiger partial charge on any atom is 0.226 e. The van der Waals surface area contributed by atoms with Gasteiger partial charge in [-0.3, -0.25) is 0 Å². The molecule has 0 saturated carbocycles. The van der Waals surface area contributed by atoms with Crippen LogP contribution in [0.15, 0.2) is 24.4 Å². The van der Waals surface area contributed by atoms with Crippen molar-refractivity contribution >= 4 is 11.6 Å². The van der Waals surface area contributed by atoms with Crippen LogP contribution in [0.25, 0.3) is 0 Å². The van der Waals surface area contributed by atoms with Gasteiger partial charge < -0.3 is 4.74 Å². The number of hydrogen-bond acceptors (Lipinski definition) is 3. The topological polar surface area (TPSA) is 35.0 Å². The molecule has 88 valence electrons. The molecule has 3 nitrogen and oxygen atoms in total. The van der Waals surface area contributed by atoms with Crippen LogP contribution in [0, 0.1) is 18.6 Å². The van der Waals surface area contributed by atoms with Gasteiger partial charge in [0.15, 0.2) is 11.6 Å². The third kappa shape index (κ3) is 2.68. The standard InChI is InChI=1S/C11H7ClF2N2O/c1-6-5-15-11(12)16-10(6)17-9-4-7(13)2-3-8(9)14/h2-5H,1H3. The van der Waals surface area contributed by atoms with Crippen LogP contribution in [0.2, 0.25) is 5.28 Å². The van der Waals surface area contributed by atoms with Crippen molar-refractivity contribution in [3.05, 3.63) is 46.9 Å². The first-order valence-corrected chi connectivity index (χ1v) is 5.06. The second-order valence-electron chi connectivity index (χ2n) is 3.30. The van der Waals surface area contributed by atoms with Crippen molar-refractivity contribution < 1.29 is 13.5 Å². The number of aryl methyl sites for hydroxylation is 1. The van der Waals surface area contributed by atoms with E-state index in [1.54, 1.807) is 6.92 Å². The van der Waals surface area contributed by atoms with Crippen LogP contribution < -0.4 is 4.74 Å². The minimum absolute atomic E-state index is 0.0255. The van der Waals surface area contributed by atoms with E-state index in [1.165, 1.54) is 6.20 Å². The molecule has 0 saturated heterocycles. The number of rotatable bonds is 2. The highest BCUT2D eigenvalue weighted by Crippen LogP contribution is 2.26. The number of benzene rings is 1. The molecule has 0 atom stereocenters. The summed E-state index contributed by atoms with van der Waals surface area (Å²) in [6.45, 7) is 1.67. The first-order valence-electron chi connectivity index (χ1n) is 4.68. The number of nitrogens with zero attached hydrogens (tertiary/aromatic N) is 2. The molecule has 2 rings (SSSR count). The zero-order valence-corrected chi connectivity index (χ0v) is 9.50. The van der Waals surface area contributed by atoms with E-state index in [9.17, 15) is 8.78 Å². The molecule has 1 aromatic heterocycles. The van der Waals surface area contributed by atoms with Crippen molar-refractivity contribution in [1.82, 2.24) is 9.97 Å². The van der Waals surface area contributed by atoms with E-state index in [2.05, 4.69) is 9.97 Å². The molecule has 0 spiro atoms. The highest BCUT2D eigenvalue weighted by atomic mass is 35.5. The summed E-state index contributed by atoms with van der Waals surface area (Å²) in [7, 11) is 0. The maximum absolute atomic E-state index is 13.3. The summed E-state index contributed by atoms with van der Waals surface area (Å²) in [5.41, 5.74) is 0.568. The van der Waals surface area contributed by atoms with Crippen molar-refractivity contribution in [1.29, 1.82) is 0 Å². The number of hydrogen-bond donors (Lipinski definition) is 0. The van der Waals surface area contributed by atoms with Gasteiger partial charge in [0.2, 0.25) is 11.2 Å². The molecule has 0 unspecified atom stereocenters. The average Bonchev–Trinajstić information content (AvgIpc) is 2.28. The maximum atomic E-state index is 13.3. The lowest BCUT2D eigenvalue weighted by molar-refractivity contribution is 0.418. The molecule has 0 amide bonds. The lowest BCUT2D eigenvalue weighted by atomic mass is 10.3. The smallest absolute Gasteiger partial charge is 0.226 e. The predicted octanol–water partition coefficient (Wildman–Crippen LogP) is 3.51. The molecule has 0 aliphatic heterocycles. The molecule has 1 heterocycles. The molecule has 17 heavy (non-hydrogen) atoms. The molecule has 0 N–H and O–H groups in total. The Kier molecular flexibility index (Phi) is 3.19. The van der Waals surface area contributed by atoms with Crippen molar-refractivity contribution in [3.8, 4) is 11.6 Å². The molecule has 1 aromatic carbocycles. The molecule has 0 aliphatic carbocycles. The quantitative estimate of drug-likeness (QED) is 0.771. The van der Waals surface area contributed by atoms with Gasteiger partial charge in [0.1, 0.15) is 5.82 Å². The lowest BCUT2D eigenvalue weighted by Gasteiger charge is -2.07. The normalized spacial score (nSPS) is 10.4. The van der Waals surface area contributed by atoms with Gasteiger partial charge in [0.25, 0.3) is 0 Å². The fourth-order valence-corrected chi connectivity index (χ4v) is 1.29. The van der Waals surface area contributed by atoms with Crippen LogP contribution in [0.1, 0.15) is 5.56 Å².